The minimum Gasteiger partial charge on any atom is -0.398 e. The van der Waals surface area contributed by atoms with E-state index in [-0.39, 0.29) is 56.1 Å². The van der Waals surface area contributed by atoms with Crippen molar-refractivity contribution in [2.24, 2.45) is 0 Å². The third-order valence-corrected chi connectivity index (χ3v) is 8.27. The van der Waals surface area contributed by atoms with Crippen LogP contribution in [0.4, 0.5) is 37.3 Å². The Labute approximate surface area is 237 Å². The molecule has 0 radical (unpaired) electrons. The molecule has 1 heterocycles. The number of fused-ring (bicyclic) bond motifs is 2. The second-order valence-corrected chi connectivity index (χ2v) is 11.0. The monoisotopic (exact) mass is 599 g/mol. The molecule has 0 spiro atoms. The molecule has 0 amide bonds. The van der Waals surface area contributed by atoms with Crippen LogP contribution in [-0.2, 0) is 10.1 Å². The predicted molar refractivity (Wildman–Crippen MR) is 148 cm³/mol. The fourth-order valence-corrected chi connectivity index (χ4v) is 5.95. The van der Waals surface area contributed by atoms with E-state index in [0.717, 1.165) is 0 Å². The van der Waals surface area contributed by atoms with Crippen molar-refractivity contribution in [3.63, 3.8) is 0 Å². The lowest BCUT2D eigenvalue weighted by Crippen LogP contribution is -2.23. The maximum absolute atomic E-state index is 14.0. The van der Waals surface area contributed by atoms with Crippen molar-refractivity contribution in [3.8, 4) is 0 Å². The molecule has 0 aliphatic heterocycles. The van der Waals surface area contributed by atoms with E-state index in [0.29, 0.717) is 5.56 Å². The summed E-state index contributed by atoms with van der Waals surface area (Å²) in [6, 6.07) is 9.23. The summed E-state index contributed by atoms with van der Waals surface area (Å²) in [4.78, 5) is 32.5. The largest absolute Gasteiger partial charge is 0.398 e. The molecule has 1 aliphatic rings. The Balaban J connectivity index is 1.71. The SMILES string of the molecule is Cc1c(C)c(Nc2nc(F)nc(F)c2Cl)c(S(=O)(=O)O)c(C)c1Nc1ccc(N)c2c1C(=O)c1ccccc1C2=O. The highest BCUT2D eigenvalue weighted by molar-refractivity contribution is 7.86. The average Bonchev–Trinajstić information content (AvgIpc) is 2.90. The molecule has 41 heavy (non-hydrogen) atoms. The molecule has 0 unspecified atom stereocenters. The van der Waals surface area contributed by atoms with E-state index in [1.54, 1.807) is 19.1 Å². The molecule has 0 saturated carbocycles. The Kier molecular flexibility index (Phi) is 6.76. The maximum Gasteiger partial charge on any atom is 0.313 e. The van der Waals surface area contributed by atoms with Crippen molar-refractivity contribution in [2.75, 3.05) is 16.4 Å². The highest BCUT2D eigenvalue weighted by atomic mass is 35.5. The summed E-state index contributed by atoms with van der Waals surface area (Å²) in [6.07, 6.45) is -1.46. The molecule has 0 saturated heterocycles. The molecule has 14 heteroatoms. The van der Waals surface area contributed by atoms with Crippen molar-refractivity contribution >= 4 is 61.9 Å². The van der Waals surface area contributed by atoms with Crippen LogP contribution in [0.25, 0.3) is 0 Å². The molecule has 1 aliphatic carbocycles. The van der Waals surface area contributed by atoms with Gasteiger partial charge in [0, 0.05) is 22.5 Å². The standard InChI is InChI=1S/C27H20ClF2N5O5S/c1-10-11(2)21(33-26-19(28)25(29)34-27(30)35-26)24(41(38,39)40)12(3)20(10)32-16-9-8-15(31)17-18(16)23(37)14-7-5-4-6-13(14)22(17)36/h4-9,32H,31H2,1-3H3,(H,33,34,35)(H,38,39,40). The van der Waals surface area contributed by atoms with Gasteiger partial charge in [-0.05, 0) is 49.6 Å². The summed E-state index contributed by atoms with van der Waals surface area (Å²) in [5.74, 6) is -2.86. The molecule has 5 rings (SSSR count). The van der Waals surface area contributed by atoms with Crippen molar-refractivity contribution in [2.45, 2.75) is 25.7 Å². The number of nitrogens with zero attached hydrogens (tertiary/aromatic N) is 2. The highest BCUT2D eigenvalue weighted by Gasteiger charge is 2.34. The number of hydrogen-bond donors (Lipinski definition) is 4. The number of carbonyl (C=O) groups excluding carboxylic acids is 2. The summed E-state index contributed by atoms with van der Waals surface area (Å²) in [5, 5.41) is 4.85. The van der Waals surface area contributed by atoms with E-state index in [9.17, 15) is 31.3 Å². The molecule has 0 bridgehead atoms. The number of anilines is 5. The topological polar surface area (TPSA) is 164 Å². The first kappa shape index (κ1) is 28.1. The first-order valence-electron chi connectivity index (χ1n) is 11.9. The van der Waals surface area contributed by atoms with Gasteiger partial charge in [-0.1, -0.05) is 35.9 Å². The molecular weight excluding hydrogens is 580 g/mol. The quantitative estimate of drug-likeness (QED) is 0.0886. The minimum atomic E-state index is -4.97. The van der Waals surface area contributed by atoms with Crippen molar-refractivity contribution in [1.29, 1.82) is 0 Å². The average molecular weight is 600 g/mol. The first-order valence-corrected chi connectivity index (χ1v) is 13.7. The number of nitrogens with two attached hydrogens (primary N) is 1. The molecule has 1 aromatic heterocycles. The van der Waals surface area contributed by atoms with Gasteiger partial charge < -0.3 is 16.4 Å². The molecule has 4 aromatic rings. The predicted octanol–water partition coefficient (Wildman–Crippen LogP) is 5.42. The zero-order chi connectivity index (χ0) is 30.0. The minimum absolute atomic E-state index is 0.000483. The zero-order valence-corrected chi connectivity index (χ0v) is 23.1. The van der Waals surface area contributed by atoms with Crippen LogP contribution in [0.3, 0.4) is 0 Å². The van der Waals surface area contributed by atoms with Crippen LogP contribution in [0.15, 0.2) is 41.3 Å². The summed E-state index contributed by atoms with van der Waals surface area (Å²) < 4.78 is 63.1. The summed E-state index contributed by atoms with van der Waals surface area (Å²) >= 11 is 5.87. The Hall–Kier alpha value is -4.46. The lowest BCUT2D eigenvalue weighted by Gasteiger charge is -2.25. The van der Waals surface area contributed by atoms with Gasteiger partial charge in [-0.2, -0.15) is 27.2 Å². The molecule has 0 atom stereocenters. The number of benzene rings is 3. The van der Waals surface area contributed by atoms with E-state index >= 15 is 0 Å². The second-order valence-electron chi connectivity index (χ2n) is 9.28. The van der Waals surface area contributed by atoms with Crippen LogP contribution in [0.5, 0.6) is 0 Å². The smallest absolute Gasteiger partial charge is 0.313 e. The molecule has 5 N–H and O–H groups in total. The van der Waals surface area contributed by atoms with Crippen molar-refractivity contribution in [1.82, 2.24) is 9.97 Å². The lowest BCUT2D eigenvalue weighted by molar-refractivity contribution is 0.0980. The normalized spacial score (nSPS) is 12.7. The van der Waals surface area contributed by atoms with Crippen LogP contribution in [0.1, 0.15) is 48.5 Å². The molecule has 3 aromatic carbocycles. The molecule has 10 nitrogen and oxygen atoms in total. The van der Waals surface area contributed by atoms with Gasteiger partial charge in [-0.25, -0.2) is 0 Å². The van der Waals surface area contributed by atoms with Crippen molar-refractivity contribution < 1.29 is 31.3 Å². The number of nitrogens with one attached hydrogen (secondary N) is 2. The van der Waals surface area contributed by atoms with Gasteiger partial charge in [0.2, 0.25) is 5.95 Å². The Morgan fingerprint density at radius 1 is 0.854 bits per heavy atom. The van der Waals surface area contributed by atoms with Gasteiger partial charge in [0.1, 0.15) is 9.92 Å². The summed E-state index contributed by atoms with van der Waals surface area (Å²) in [6.45, 7) is 4.47. The number of nitrogen functional groups attached to an aromatic ring is 1. The Morgan fingerprint density at radius 2 is 1.44 bits per heavy atom. The number of aromatic nitrogens is 2. The van der Waals surface area contributed by atoms with E-state index in [2.05, 4.69) is 20.6 Å². The van der Waals surface area contributed by atoms with Crippen LogP contribution >= 0.6 is 11.6 Å². The number of rotatable bonds is 5. The van der Waals surface area contributed by atoms with E-state index in [1.165, 1.54) is 38.1 Å². The highest BCUT2D eigenvalue weighted by Crippen LogP contribution is 2.43. The van der Waals surface area contributed by atoms with E-state index in [1.807, 2.05) is 0 Å². The number of hydrogen-bond acceptors (Lipinski definition) is 9. The molecule has 210 valence electrons. The third-order valence-electron chi connectivity index (χ3n) is 6.91. The van der Waals surface area contributed by atoms with Crippen molar-refractivity contribution in [3.05, 3.63) is 92.4 Å². The van der Waals surface area contributed by atoms with Gasteiger partial charge in [-0.15, -0.1) is 0 Å². The number of carbonyl (C=O) groups is 2. The molecule has 0 fully saturated rings. The number of ketones is 2. The van der Waals surface area contributed by atoms with Gasteiger partial charge in [0.05, 0.1) is 22.5 Å². The Morgan fingerprint density at radius 3 is 2.05 bits per heavy atom. The number of halogens is 3. The second kappa shape index (κ2) is 9.87. The van der Waals surface area contributed by atoms with E-state index in [4.69, 9.17) is 17.3 Å². The first-order chi connectivity index (χ1) is 19.2. The maximum atomic E-state index is 14.0. The van der Waals surface area contributed by atoms with Crippen LogP contribution in [0.2, 0.25) is 5.02 Å². The summed E-state index contributed by atoms with van der Waals surface area (Å²) in [5.41, 5.74) is 7.30. The van der Waals surface area contributed by atoms with E-state index < -0.39 is 49.4 Å². The van der Waals surface area contributed by atoms with Crippen LogP contribution < -0.4 is 16.4 Å². The lowest BCUT2D eigenvalue weighted by atomic mass is 9.82. The third kappa shape index (κ3) is 4.57. The Bertz CT molecular complexity index is 1950. The van der Waals surface area contributed by atoms with Crippen LogP contribution in [0, 0.1) is 32.8 Å². The van der Waals surface area contributed by atoms with Gasteiger partial charge in [0.15, 0.2) is 17.4 Å². The fourth-order valence-electron chi connectivity index (χ4n) is 4.87. The zero-order valence-electron chi connectivity index (χ0n) is 21.6. The van der Waals surface area contributed by atoms with Gasteiger partial charge in [0.25, 0.3) is 10.1 Å². The van der Waals surface area contributed by atoms with Crippen LogP contribution in [-0.4, -0.2) is 34.5 Å². The fraction of sp³-hybridized carbons (Fsp3) is 0.111. The molecular formula is C27H20ClF2N5O5S. The van der Waals surface area contributed by atoms with Gasteiger partial charge in [-0.3, -0.25) is 14.1 Å². The van der Waals surface area contributed by atoms with Gasteiger partial charge >= 0.3 is 6.08 Å². The summed E-state index contributed by atoms with van der Waals surface area (Å²) in [7, 11) is -4.97.